The van der Waals surface area contributed by atoms with Crippen LogP contribution < -0.4 is 15.8 Å². The molecule has 2 aliphatic rings. The van der Waals surface area contributed by atoms with Crippen LogP contribution in [-0.4, -0.2) is 28.5 Å². The number of carbonyl (C=O) groups excluding carboxylic acids is 1. The van der Waals surface area contributed by atoms with Gasteiger partial charge in [0.2, 0.25) is 5.91 Å². The Balaban J connectivity index is 1.45. The third-order valence-corrected chi connectivity index (χ3v) is 6.51. The average molecular weight is 380 g/mol. The minimum atomic E-state index is 0.0400. The molecule has 4 heterocycles. The number of fused-ring (bicyclic) bond motifs is 3. The van der Waals surface area contributed by atoms with Gasteiger partial charge in [-0.05, 0) is 42.6 Å². The average Bonchev–Trinajstić information content (AvgIpc) is 3.28. The standard InChI is InChI=1S/C20H20N4O2S/c25-17-2-1-9-24(17)14-5-3-13(4-6-14)11-23-12-22-19-18(20(23)26)15-7-8-21-10-16(15)27-19/h3-6,12,21H,1-2,7-11H2. The molecule has 6 nitrogen and oxygen atoms in total. The summed E-state index contributed by atoms with van der Waals surface area (Å²) in [6, 6.07) is 7.91. The highest BCUT2D eigenvalue weighted by molar-refractivity contribution is 7.18. The maximum Gasteiger partial charge on any atom is 0.262 e. The van der Waals surface area contributed by atoms with Gasteiger partial charge in [-0.1, -0.05) is 12.1 Å². The van der Waals surface area contributed by atoms with Crippen LogP contribution in [0.1, 0.15) is 28.8 Å². The van der Waals surface area contributed by atoms with Crippen molar-refractivity contribution in [2.45, 2.75) is 32.4 Å². The summed E-state index contributed by atoms with van der Waals surface area (Å²) in [6.07, 6.45) is 4.08. The van der Waals surface area contributed by atoms with E-state index < -0.39 is 0 Å². The van der Waals surface area contributed by atoms with Gasteiger partial charge in [0.05, 0.1) is 18.3 Å². The molecule has 0 atom stereocenters. The number of amides is 1. The van der Waals surface area contributed by atoms with E-state index in [0.717, 1.165) is 53.9 Å². The van der Waals surface area contributed by atoms with Crippen molar-refractivity contribution in [1.29, 1.82) is 0 Å². The van der Waals surface area contributed by atoms with Crippen molar-refractivity contribution in [2.75, 3.05) is 18.0 Å². The number of anilines is 1. The van der Waals surface area contributed by atoms with Gasteiger partial charge in [0.1, 0.15) is 4.83 Å². The molecule has 7 heteroatoms. The molecule has 1 amide bonds. The molecule has 0 unspecified atom stereocenters. The first-order valence-electron chi connectivity index (χ1n) is 9.30. The van der Waals surface area contributed by atoms with Crippen LogP contribution in [0.15, 0.2) is 35.4 Å². The second kappa shape index (κ2) is 6.58. The van der Waals surface area contributed by atoms with E-state index in [0.29, 0.717) is 13.0 Å². The van der Waals surface area contributed by atoms with Crippen LogP contribution in [0, 0.1) is 0 Å². The number of carbonyl (C=O) groups is 1. The smallest absolute Gasteiger partial charge is 0.262 e. The lowest BCUT2D eigenvalue weighted by atomic mass is 10.1. The van der Waals surface area contributed by atoms with Gasteiger partial charge in [0.25, 0.3) is 5.56 Å². The van der Waals surface area contributed by atoms with Crippen LogP contribution in [0.5, 0.6) is 0 Å². The number of rotatable bonds is 3. The summed E-state index contributed by atoms with van der Waals surface area (Å²) in [7, 11) is 0. The van der Waals surface area contributed by atoms with E-state index in [9.17, 15) is 9.59 Å². The number of benzene rings is 1. The first kappa shape index (κ1) is 16.6. The Morgan fingerprint density at radius 1 is 1.15 bits per heavy atom. The normalized spacial score (nSPS) is 16.9. The molecule has 0 aliphatic carbocycles. The number of nitrogens with zero attached hydrogens (tertiary/aromatic N) is 3. The van der Waals surface area contributed by atoms with E-state index in [-0.39, 0.29) is 11.5 Å². The maximum atomic E-state index is 13.0. The molecule has 1 fully saturated rings. The highest BCUT2D eigenvalue weighted by Crippen LogP contribution is 2.29. The third kappa shape index (κ3) is 2.87. The van der Waals surface area contributed by atoms with Gasteiger partial charge in [0.15, 0.2) is 0 Å². The Bertz CT molecular complexity index is 1080. The molecular formula is C20H20N4O2S. The molecule has 2 aromatic heterocycles. The lowest BCUT2D eigenvalue weighted by molar-refractivity contribution is -0.117. The zero-order valence-corrected chi connectivity index (χ0v) is 15.7. The predicted molar refractivity (Wildman–Crippen MR) is 106 cm³/mol. The topological polar surface area (TPSA) is 67.2 Å². The second-order valence-corrected chi connectivity index (χ2v) is 8.19. The number of thiophene rings is 1. The van der Waals surface area contributed by atoms with Crippen molar-refractivity contribution >= 4 is 33.1 Å². The summed E-state index contributed by atoms with van der Waals surface area (Å²) in [5.74, 6) is 0.186. The monoisotopic (exact) mass is 380 g/mol. The molecule has 3 aromatic rings. The lowest BCUT2D eigenvalue weighted by Gasteiger charge is -2.16. The van der Waals surface area contributed by atoms with E-state index >= 15 is 0 Å². The molecule has 0 saturated carbocycles. The first-order valence-corrected chi connectivity index (χ1v) is 10.1. The minimum absolute atomic E-state index is 0.0400. The molecule has 138 valence electrons. The third-order valence-electron chi connectivity index (χ3n) is 5.37. The van der Waals surface area contributed by atoms with Gasteiger partial charge in [-0.3, -0.25) is 14.2 Å². The van der Waals surface area contributed by atoms with E-state index in [1.807, 2.05) is 29.2 Å². The number of aromatic nitrogens is 2. The number of hydrogen-bond donors (Lipinski definition) is 1. The highest BCUT2D eigenvalue weighted by Gasteiger charge is 2.22. The van der Waals surface area contributed by atoms with Crippen molar-refractivity contribution in [3.8, 4) is 0 Å². The highest BCUT2D eigenvalue weighted by atomic mass is 32.1. The Labute approximate surface area is 160 Å². The van der Waals surface area contributed by atoms with Crippen LogP contribution in [-0.2, 0) is 24.3 Å². The summed E-state index contributed by atoms with van der Waals surface area (Å²) in [4.78, 5) is 33.4. The molecule has 1 N–H and O–H groups in total. The van der Waals surface area contributed by atoms with Crippen molar-refractivity contribution in [3.63, 3.8) is 0 Å². The molecular weight excluding hydrogens is 360 g/mol. The lowest BCUT2D eigenvalue weighted by Crippen LogP contribution is -2.25. The number of hydrogen-bond acceptors (Lipinski definition) is 5. The number of nitrogens with one attached hydrogen (secondary N) is 1. The second-order valence-electron chi connectivity index (χ2n) is 7.10. The van der Waals surface area contributed by atoms with E-state index in [2.05, 4.69) is 10.3 Å². The fraction of sp³-hybridized carbons (Fsp3) is 0.350. The van der Waals surface area contributed by atoms with Crippen LogP contribution in [0.4, 0.5) is 5.69 Å². The van der Waals surface area contributed by atoms with Crippen molar-refractivity contribution in [2.24, 2.45) is 0 Å². The molecule has 27 heavy (non-hydrogen) atoms. The van der Waals surface area contributed by atoms with Crippen LogP contribution in [0.25, 0.3) is 10.2 Å². The van der Waals surface area contributed by atoms with Gasteiger partial charge >= 0.3 is 0 Å². The predicted octanol–water partition coefficient (Wildman–Crippen LogP) is 2.28. The van der Waals surface area contributed by atoms with Gasteiger partial charge in [-0.15, -0.1) is 11.3 Å². The Kier molecular flexibility index (Phi) is 4.06. The molecule has 0 radical (unpaired) electrons. The SMILES string of the molecule is O=C1CCCN1c1ccc(Cn2cnc3sc4c(c3c2=O)CCNC4)cc1. The fourth-order valence-corrected chi connectivity index (χ4v) is 5.11. The van der Waals surface area contributed by atoms with E-state index in [1.165, 1.54) is 10.4 Å². The van der Waals surface area contributed by atoms with Crippen molar-refractivity contribution in [3.05, 3.63) is 57.0 Å². The maximum absolute atomic E-state index is 13.0. The van der Waals surface area contributed by atoms with Crippen LogP contribution in [0.2, 0.25) is 0 Å². The summed E-state index contributed by atoms with van der Waals surface area (Å²) >= 11 is 1.62. The van der Waals surface area contributed by atoms with Crippen molar-refractivity contribution < 1.29 is 4.79 Å². The largest absolute Gasteiger partial charge is 0.312 e. The molecule has 5 rings (SSSR count). The van der Waals surface area contributed by atoms with Gasteiger partial charge < -0.3 is 10.2 Å². The van der Waals surface area contributed by atoms with Crippen LogP contribution >= 0.6 is 11.3 Å². The van der Waals surface area contributed by atoms with E-state index in [4.69, 9.17) is 0 Å². The summed E-state index contributed by atoms with van der Waals surface area (Å²) in [5.41, 5.74) is 3.17. The van der Waals surface area contributed by atoms with Crippen LogP contribution in [0.3, 0.4) is 0 Å². The minimum Gasteiger partial charge on any atom is -0.312 e. The summed E-state index contributed by atoms with van der Waals surface area (Å²) in [6.45, 7) is 3.01. The van der Waals surface area contributed by atoms with E-state index in [1.54, 1.807) is 22.2 Å². The van der Waals surface area contributed by atoms with Gasteiger partial charge in [-0.2, -0.15) is 0 Å². The molecule has 2 aliphatic heterocycles. The molecule has 0 spiro atoms. The Morgan fingerprint density at radius 2 is 2.00 bits per heavy atom. The summed E-state index contributed by atoms with van der Waals surface area (Å²) in [5, 5.41) is 4.14. The van der Waals surface area contributed by atoms with Gasteiger partial charge in [0, 0.05) is 30.1 Å². The Hall–Kier alpha value is -2.51. The molecule has 1 saturated heterocycles. The first-order chi connectivity index (χ1) is 13.2. The molecule has 0 bridgehead atoms. The zero-order chi connectivity index (χ0) is 18.4. The zero-order valence-electron chi connectivity index (χ0n) is 14.9. The van der Waals surface area contributed by atoms with Crippen molar-refractivity contribution in [1.82, 2.24) is 14.9 Å². The summed E-state index contributed by atoms with van der Waals surface area (Å²) < 4.78 is 1.69. The van der Waals surface area contributed by atoms with Gasteiger partial charge in [-0.25, -0.2) is 4.98 Å². The quantitative estimate of drug-likeness (QED) is 0.757. The fourth-order valence-electron chi connectivity index (χ4n) is 3.96. The molecule has 1 aromatic carbocycles. The Morgan fingerprint density at radius 3 is 2.78 bits per heavy atom.